The summed E-state index contributed by atoms with van der Waals surface area (Å²) >= 11 is 16.8. The molecule has 2 atom stereocenters. The number of alkyl halides is 3. The molecule has 0 aliphatic carbocycles. The number of carbonyl (C=O) groups excluding carboxylic acids is 3. The first kappa shape index (κ1) is 34.4. The van der Waals surface area contributed by atoms with E-state index in [2.05, 4.69) is 4.74 Å². The molecule has 2 aromatic carbocycles. The quantitative estimate of drug-likeness (QED) is 0.0621. The Kier molecular flexibility index (Phi) is 11.0. The number of likely N-dealkylation sites (tertiary alicyclic amines) is 1. The summed E-state index contributed by atoms with van der Waals surface area (Å²) in [4.78, 5) is 45.5. The molecule has 0 aromatic heterocycles. The van der Waals surface area contributed by atoms with E-state index in [9.17, 15) is 36.3 Å². The van der Waals surface area contributed by atoms with Crippen molar-refractivity contribution in [3.63, 3.8) is 0 Å². The fraction of sp³-hybridized carbons (Fsp3) is 0.423. The smallest absolute Gasteiger partial charge is 0.437 e. The molecule has 1 saturated heterocycles. The minimum absolute atomic E-state index is 0.153. The van der Waals surface area contributed by atoms with Crippen LogP contribution in [0.15, 0.2) is 30.3 Å². The molecule has 1 aliphatic heterocycles. The number of benzene rings is 2. The Labute approximate surface area is 257 Å². The van der Waals surface area contributed by atoms with Crippen molar-refractivity contribution >= 4 is 53.0 Å². The van der Waals surface area contributed by atoms with Crippen molar-refractivity contribution in [1.82, 2.24) is 9.96 Å². The predicted octanol–water partition coefficient (Wildman–Crippen LogP) is 6.95. The van der Waals surface area contributed by atoms with Gasteiger partial charge in [-0.3, -0.25) is 9.74 Å². The lowest BCUT2D eigenvalue weighted by Gasteiger charge is -2.41. The molecule has 236 valence electrons. The van der Waals surface area contributed by atoms with Gasteiger partial charge in [-0.15, -0.1) is 0 Å². The summed E-state index contributed by atoms with van der Waals surface area (Å²) in [5.41, 5.74) is -0.504. The monoisotopic (exact) mass is 676 g/mol. The number of piperidine rings is 1. The number of ether oxygens (including phenoxy) is 3. The fourth-order valence-corrected chi connectivity index (χ4v) is 4.12. The lowest BCUT2D eigenvalue weighted by atomic mass is 9.98. The van der Waals surface area contributed by atoms with Gasteiger partial charge in [0.2, 0.25) is 34.8 Å². The largest absolute Gasteiger partial charge is 0.444 e. The molecule has 0 spiro atoms. The number of carbonyl (C=O) groups is 3. The minimum atomic E-state index is -2.51. The molecule has 9 nitrogen and oxygen atoms in total. The Balaban J connectivity index is 1.92. The highest BCUT2D eigenvalue weighted by Crippen LogP contribution is 2.33. The standard InChI is InChI=1S/C26H24Cl3F5N2O7/c1-25(2,3)42-23(38)35-11-14(36(24(39)43-26(27,28)29)40-12-13-7-5-4-6-8-13)9-10-15(35)22(37)41-21-19(33)17(31)16(30)18(32)20(21)34/h4-8,14-15H,9-12H2,1-3H3/t14-,15+/m1/s1. The van der Waals surface area contributed by atoms with E-state index in [1.165, 1.54) is 20.8 Å². The van der Waals surface area contributed by atoms with Crippen LogP contribution in [0.4, 0.5) is 31.5 Å². The van der Waals surface area contributed by atoms with Crippen molar-refractivity contribution in [1.29, 1.82) is 0 Å². The molecule has 0 bridgehead atoms. The van der Waals surface area contributed by atoms with Gasteiger partial charge in [-0.1, -0.05) is 30.3 Å². The van der Waals surface area contributed by atoms with E-state index in [0.29, 0.717) is 10.6 Å². The van der Waals surface area contributed by atoms with E-state index >= 15 is 0 Å². The van der Waals surface area contributed by atoms with E-state index in [-0.39, 0.29) is 19.4 Å². The van der Waals surface area contributed by atoms with Crippen LogP contribution in [0.2, 0.25) is 0 Å². The molecule has 0 saturated carbocycles. The topological polar surface area (TPSA) is 94.6 Å². The van der Waals surface area contributed by atoms with Crippen molar-refractivity contribution in [2.45, 2.75) is 61.9 Å². The maximum absolute atomic E-state index is 14.2. The van der Waals surface area contributed by atoms with Crippen molar-refractivity contribution in [2.24, 2.45) is 0 Å². The highest BCUT2D eigenvalue weighted by molar-refractivity contribution is 6.66. The second-order valence-corrected chi connectivity index (χ2v) is 12.3. The molecule has 0 N–H and O–H groups in total. The number of halogens is 8. The van der Waals surface area contributed by atoms with Gasteiger partial charge in [-0.25, -0.2) is 27.6 Å². The molecule has 2 aromatic rings. The molecule has 1 heterocycles. The molecule has 0 unspecified atom stereocenters. The van der Waals surface area contributed by atoms with Crippen molar-refractivity contribution in [3.05, 3.63) is 65.0 Å². The van der Waals surface area contributed by atoms with Gasteiger partial charge in [-0.2, -0.15) is 13.8 Å². The third-order valence-electron chi connectivity index (χ3n) is 5.76. The second kappa shape index (κ2) is 13.7. The highest BCUT2D eigenvalue weighted by Gasteiger charge is 2.44. The number of amides is 2. The molecule has 43 heavy (non-hydrogen) atoms. The van der Waals surface area contributed by atoms with Crippen LogP contribution in [0.25, 0.3) is 0 Å². The first-order valence-corrected chi connectivity index (χ1v) is 13.5. The molecule has 3 rings (SSSR count). The molecular weight excluding hydrogens is 654 g/mol. The van der Waals surface area contributed by atoms with Crippen molar-refractivity contribution < 1.29 is 55.4 Å². The fourth-order valence-electron chi connectivity index (χ4n) is 3.92. The summed E-state index contributed by atoms with van der Waals surface area (Å²) in [5.74, 6) is -15.3. The number of esters is 1. The number of nitrogens with zero attached hydrogens (tertiary/aromatic N) is 2. The summed E-state index contributed by atoms with van der Waals surface area (Å²) in [6.45, 7) is 3.78. The molecule has 17 heteroatoms. The number of hydroxylamine groups is 2. The number of hydrogen-bond donors (Lipinski definition) is 0. The lowest BCUT2D eigenvalue weighted by Crippen LogP contribution is -2.58. The third kappa shape index (κ3) is 8.97. The van der Waals surface area contributed by atoms with Crippen LogP contribution in [0, 0.1) is 29.1 Å². The Morgan fingerprint density at radius 2 is 1.44 bits per heavy atom. The molecule has 1 aliphatic rings. The van der Waals surface area contributed by atoms with Crippen LogP contribution in [0.5, 0.6) is 5.75 Å². The average Bonchev–Trinajstić information content (AvgIpc) is 2.91. The summed E-state index contributed by atoms with van der Waals surface area (Å²) in [7, 11) is 0. The first-order valence-electron chi connectivity index (χ1n) is 12.4. The zero-order chi connectivity index (χ0) is 32.3. The van der Waals surface area contributed by atoms with Crippen LogP contribution in [0.3, 0.4) is 0 Å². The van der Waals surface area contributed by atoms with Gasteiger partial charge < -0.3 is 14.2 Å². The van der Waals surface area contributed by atoms with Crippen LogP contribution in [-0.4, -0.2) is 56.3 Å². The van der Waals surface area contributed by atoms with Gasteiger partial charge in [0.1, 0.15) is 18.2 Å². The molecular formula is C26H24Cl3F5N2O7. The SMILES string of the molecule is CC(C)(C)OC(=O)N1C[C@H](N(OCc2ccccc2)C(=O)OC(Cl)(Cl)Cl)CC[C@H]1C(=O)Oc1c(F)c(F)c(F)c(F)c1F. The van der Waals surface area contributed by atoms with E-state index in [1.54, 1.807) is 30.3 Å². The van der Waals surface area contributed by atoms with Gasteiger partial charge >= 0.3 is 22.1 Å². The van der Waals surface area contributed by atoms with Gasteiger partial charge in [0.05, 0.1) is 6.04 Å². The van der Waals surface area contributed by atoms with Crippen LogP contribution in [0.1, 0.15) is 39.2 Å². The highest BCUT2D eigenvalue weighted by atomic mass is 35.6. The van der Waals surface area contributed by atoms with Crippen molar-refractivity contribution in [3.8, 4) is 5.75 Å². The lowest BCUT2D eigenvalue weighted by molar-refractivity contribution is -0.184. The Morgan fingerprint density at radius 3 is 1.98 bits per heavy atom. The molecule has 0 radical (unpaired) electrons. The van der Waals surface area contributed by atoms with Gasteiger partial charge in [0.25, 0.3) is 0 Å². The summed E-state index contributed by atoms with van der Waals surface area (Å²) in [6, 6.07) is 5.75. The number of rotatable bonds is 6. The maximum Gasteiger partial charge on any atom is 0.437 e. The van der Waals surface area contributed by atoms with Gasteiger partial charge in [0, 0.05) is 6.54 Å². The minimum Gasteiger partial charge on any atom is -0.444 e. The zero-order valence-corrected chi connectivity index (χ0v) is 24.9. The Hall–Kier alpha value is -3.07. The van der Waals surface area contributed by atoms with Gasteiger partial charge in [0.15, 0.2) is 0 Å². The second-order valence-electron chi connectivity index (χ2n) is 10.1. The van der Waals surface area contributed by atoms with E-state index in [4.69, 9.17) is 49.1 Å². The zero-order valence-electron chi connectivity index (χ0n) is 22.6. The average molecular weight is 678 g/mol. The number of hydrogen-bond acceptors (Lipinski definition) is 7. The first-order chi connectivity index (χ1) is 19.9. The van der Waals surface area contributed by atoms with Crippen LogP contribution < -0.4 is 4.74 Å². The summed E-state index contributed by atoms with van der Waals surface area (Å²) < 4.78 is 81.4. The Morgan fingerprint density at radius 1 is 0.884 bits per heavy atom. The summed E-state index contributed by atoms with van der Waals surface area (Å²) in [5, 5.41) is 0.678. The maximum atomic E-state index is 14.2. The Bertz CT molecular complexity index is 1330. The normalized spacial score (nSPS) is 17.3. The van der Waals surface area contributed by atoms with Crippen LogP contribution in [-0.2, 0) is 25.7 Å². The van der Waals surface area contributed by atoms with Crippen LogP contribution >= 0.6 is 34.8 Å². The predicted molar refractivity (Wildman–Crippen MR) is 141 cm³/mol. The summed E-state index contributed by atoms with van der Waals surface area (Å²) in [6.07, 6.45) is -2.95. The van der Waals surface area contributed by atoms with E-state index in [1.807, 2.05) is 0 Å². The van der Waals surface area contributed by atoms with E-state index < -0.39 is 81.2 Å². The molecule has 1 fully saturated rings. The third-order valence-corrected chi connectivity index (χ3v) is 5.99. The molecule has 2 amide bonds. The van der Waals surface area contributed by atoms with Gasteiger partial charge in [-0.05, 0) is 74.0 Å². The van der Waals surface area contributed by atoms with Crippen molar-refractivity contribution in [2.75, 3.05) is 6.54 Å². The van der Waals surface area contributed by atoms with E-state index in [0.717, 1.165) is 4.90 Å².